The lowest BCUT2D eigenvalue weighted by molar-refractivity contribution is 0.101. The number of carbonyl (C=O) groups excluding carboxylic acids is 2. The van der Waals surface area contributed by atoms with Crippen LogP contribution in [0.4, 0.5) is 11.4 Å². The van der Waals surface area contributed by atoms with Gasteiger partial charge in [-0.2, -0.15) is 4.99 Å². The highest BCUT2D eigenvalue weighted by atomic mass is 16.1. The molecule has 0 radical (unpaired) electrons. The highest BCUT2D eigenvalue weighted by molar-refractivity contribution is 6.00. The lowest BCUT2D eigenvalue weighted by atomic mass is 10.1. The van der Waals surface area contributed by atoms with Crippen molar-refractivity contribution in [3.63, 3.8) is 0 Å². The second-order valence-electron chi connectivity index (χ2n) is 4.51. The zero-order chi connectivity index (χ0) is 13.0. The fraction of sp³-hybridized carbons (Fsp3) is 0.429. The van der Waals surface area contributed by atoms with Gasteiger partial charge in [-0.25, -0.2) is 4.79 Å². The Bertz CT molecular complexity index is 499. The summed E-state index contributed by atoms with van der Waals surface area (Å²) in [6, 6.07) is 5.45. The summed E-state index contributed by atoms with van der Waals surface area (Å²) in [5, 5.41) is 0. The normalized spacial score (nSPS) is 15.1. The zero-order valence-corrected chi connectivity index (χ0v) is 10.5. The second-order valence-corrected chi connectivity index (χ2v) is 4.51. The maximum atomic E-state index is 11.6. The third-order valence-corrected chi connectivity index (χ3v) is 3.25. The van der Waals surface area contributed by atoms with E-state index >= 15 is 0 Å². The molecule has 94 valence electrons. The smallest absolute Gasteiger partial charge is 0.240 e. The molecule has 2 rings (SSSR count). The zero-order valence-electron chi connectivity index (χ0n) is 10.5. The van der Waals surface area contributed by atoms with Gasteiger partial charge in [-0.1, -0.05) is 0 Å². The molecule has 0 spiro atoms. The maximum absolute atomic E-state index is 11.6. The minimum Gasteiger partial charge on any atom is -0.372 e. The molecule has 1 fully saturated rings. The van der Waals surface area contributed by atoms with E-state index < -0.39 is 0 Å². The summed E-state index contributed by atoms with van der Waals surface area (Å²) in [5.74, 6) is -0.0807. The molecule has 0 unspecified atom stereocenters. The number of benzene rings is 1. The van der Waals surface area contributed by atoms with Gasteiger partial charge in [-0.3, -0.25) is 4.79 Å². The largest absolute Gasteiger partial charge is 0.372 e. The van der Waals surface area contributed by atoms with E-state index in [-0.39, 0.29) is 5.78 Å². The molecule has 0 saturated carbocycles. The molecule has 0 atom stereocenters. The summed E-state index contributed by atoms with van der Waals surface area (Å²) >= 11 is 0. The van der Waals surface area contributed by atoms with Gasteiger partial charge in [0.1, 0.15) is 0 Å². The van der Waals surface area contributed by atoms with E-state index in [1.807, 2.05) is 12.1 Å². The molecule has 0 amide bonds. The topological polar surface area (TPSA) is 49.7 Å². The van der Waals surface area contributed by atoms with Crippen LogP contribution in [0.1, 0.15) is 36.5 Å². The fourth-order valence-corrected chi connectivity index (χ4v) is 2.30. The summed E-state index contributed by atoms with van der Waals surface area (Å²) in [6.07, 6.45) is 5.12. The summed E-state index contributed by atoms with van der Waals surface area (Å²) in [4.78, 5) is 27.7. The van der Waals surface area contributed by atoms with Crippen molar-refractivity contribution in [2.24, 2.45) is 4.99 Å². The summed E-state index contributed by atoms with van der Waals surface area (Å²) < 4.78 is 0. The van der Waals surface area contributed by atoms with Crippen LogP contribution in [-0.2, 0) is 4.79 Å². The van der Waals surface area contributed by atoms with Crippen molar-refractivity contribution in [1.29, 1.82) is 0 Å². The number of hydrogen-bond acceptors (Lipinski definition) is 4. The van der Waals surface area contributed by atoms with Crippen LogP contribution in [0.3, 0.4) is 0 Å². The monoisotopic (exact) mass is 244 g/mol. The molecule has 1 aromatic carbocycles. The molecule has 1 aliphatic heterocycles. The molecule has 1 aromatic rings. The number of rotatable bonds is 3. The molecular weight excluding hydrogens is 228 g/mol. The van der Waals surface area contributed by atoms with Crippen molar-refractivity contribution in [2.45, 2.75) is 26.2 Å². The van der Waals surface area contributed by atoms with E-state index in [0.717, 1.165) is 18.8 Å². The Hall–Kier alpha value is -1.93. The number of aliphatic imine (C=N–C) groups is 1. The lowest BCUT2D eigenvalue weighted by Crippen LogP contribution is -2.29. The predicted molar refractivity (Wildman–Crippen MR) is 70.3 cm³/mol. The van der Waals surface area contributed by atoms with Gasteiger partial charge in [0.2, 0.25) is 6.08 Å². The Morgan fingerprint density at radius 2 is 2.00 bits per heavy atom. The number of hydrogen-bond donors (Lipinski definition) is 0. The van der Waals surface area contributed by atoms with Crippen LogP contribution in [0.5, 0.6) is 0 Å². The van der Waals surface area contributed by atoms with Gasteiger partial charge in [0, 0.05) is 24.3 Å². The fourth-order valence-electron chi connectivity index (χ4n) is 2.30. The quantitative estimate of drug-likeness (QED) is 0.466. The molecular formula is C14H16N2O2. The van der Waals surface area contributed by atoms with Crippen LogP contribution in [0.25, 0.3) is 0 Å². The third kappa shape index (κ3) is 2.66. The molecule has 0 N–H and O–H groups in total. The molecule has 18 heavy (non-hydrogen) atoms. The van der Waals surface area contributed by atoms with Crippen LogP contribution in [0.15, 0.2) is 23.2 Å². The van der Waals surface area contributed by atoms with Crippen molar-refractivity contribution in [1.82, 2.24) is 0 Å². The molecule has 0 aliphatic carbocycles. The van der Waals surface area contributed by atoms with E-state index in [2.05, 4.69) is 9.89 Å². The maximum Gasteiger partial charge on any atom is 0.240 e. The van der Waals surface area contributed by atoms with Crippen molar-refractivity contribution in [3.05, 3.63) is 23.8 Å². The predicted octanol–water partition coefficient (Wildman–Crippen LogP) is 2.85. The van der Waals surface area contributed by atoms with Crippen LogP contribution < -0.4 is 4.90 Å². The van der Waals surface area contributed by atoms with Crippen molar-refractivity contribution in [2.75, 3.05) is 18.0 Å². The van der Waals surface area contributed by atoms with Crippen molar-refractivity contribution >= 4 is 23.2 Å². The van der Waals surface area contributed by atoms with E-state index in [1.165, 1.54) is 32.3 Å². The molecule has 0 bridgehead atoms. The van der Waals surface area contributed by atoms with E-state index in [9.17, 15) is 9.59 Å². The Morgan fingerprint density at radius 1 is 1.28 bits per heavy atom. The first kappa shape index (κ1) is 12.5. The minimum atomic E-state index is -0.0807. The van der Waals surface area contributed by atoms with E-state index in [0.29, 0.717) is 11.3 Å². The van der Waals surface area contributed by atoms with Crippen molar-refractivity contribution < 1.29 is 9.59 Å². The van der Waals surface area contributed by atoms with Crippen LogP contribution in [-0.4, -0.2) is 25.0 Å². The number of carbonyl (C=O) groups is 1. The molecule has 0 aromatic heterocycles. The van der Waals surface area contributed by atoms with Gasteiger partial charge in [0.15, 0.2) is 5.78 Å². The Morgan fingerprint density at radius 3 is 2.61 bits per heavy atom. The number of piperidine rings is 1. The number of nitrogens with zero attached hydrogens (tertiary/aromatic N) is 2. The molecule has 4 heteroatoms. The average Bonchev–Trinajstić information content (AvgIpc) is 2.40. The first-order valence-electron chi connectivity index (χ1n) is 6.20. The molecule has 4 nitrogen and oxygen atoms in total. The van der Waals surface area contributed by atoms with Gasteiger partial charge >= 0.3 is 0 Å². The third-order valence-electron chi connectivity index (χ3n) is 3.25. The lowest BCUT2D eigenvalue weighted by Gasteiger charge is -2.29. The van der Waals surface area contributed by atoms with Crippen LogP contribution in [0, 0.1) is 0 Å². The summed E-state index contributed by atoms with van der Waals surface area (Å²) in [5.41, 5.74) is 1.92. The first-order chi connectivity index (χ1) is 8.72. The van der Waals surface area contributed by atoms with E-state index in [4.69, 9.17) is 0 Å². The van der Waals surface area contributed by atoms with Gasteiger partial charge in [0.25, 0.3) is 0 Å². The van der Waals surface area contributed by atoms with E-state index in [1.54, 1.807) is 6.07 Å². The minimum absolute atomic E-state index is 0.0807. The standard InChI is InChI=1S/C14H16N2O2/c1-11(18)13-9-12(5-6-14(13)15-10-17)16-7-3-2-4-8-16/h5-6,9H,2-4,7-8H2,1H3. The van der Waals surface area contributed by atoms with Gasteiger partial charge < -0.3 is 4.90 Å². The van der Waals surface area contributed by atoms with Gasteiger partial charge in [-0.15, -0.1) is 0 Å². The Labute approximate surface area is 106 Å². The second kappa shape index (κ2) is 5.61. The highest BCUT2D eigenvalue weighted by Crippen LogP contribution is 2.27. The average molecular weight is 244 g/mol. The summed E-state index contributed by atoms with van der Waals surface area (Å²) in [6.45, 7) is 3.53. The van der Waals surface area contributed by atoms with Gasteiger partial charge in [0.05, 0.1) is 5.69 Å². The Balaban J connectivity index is 2.35. The SMILES string of the molecule is CC(=O)c1cc(N2CCCCC2)ccc1N=C=O. The van der Waals surface area contributed by atoms with Crippen molar-refractivity contribution in [3.8, 4) is 0 Å². The molecule has 1 aliphatic rings. The highest BCUT2D eigenvalue weighted by Gasteiger charge is 2.14. The van der Waals surface area contributed by atoms with Crippen LogP contribution in [0.2, 0.25) is 0 Å². The number of ketones is 1. The molecule has 1 heterocycles. The van der Waals surface area contributed by atoms with Gasteiger partial charge in [-0.05, 0) is 44.4 Å². The first-order valence-corrected chi connectivity index (χ1v) is 6.20. The number of Topliss-reactive ketones (excluding diaryl/α,β-unsaturated/α-hetero) is 1. The Kier molecular flexibility index (Phi) is 3.90. The summed E-state index contributed by atoms with van der Waals surface area (Å²) in [7, 11) is 0. The number of anilines is 1. The molecule has 1 saturated heterocycles. The van der Waals surface area contributed by atoms with Crippen LogP contribution >= 0.6 is 0 Å². The number of isocyanates is 1.